The lowest BCUT2D eigenvalue weighted by Gasteiger charge is -2.11. The van der Waals surface area contributed by atoms with E-state index in [1.54, 1.807) is 12.1 Å². The second kappa shape index (κ2) is 5.10. The normalized spacial score (nSPS) is 10.9. The number of ether oxygens (including phenoxy) is 1. The number of aromatic nitrogens is 2. The van der Waals surface area contributed by atoms with Crippen molar-refractivity contribution >= 4 is 27.5 Å². The first-order chi connectivity index (χ1) is 8.06. The van der Waals surface area contributed by atoms with E-state index in [0.717, 1.165) is 4.60 Å². The van der Waals surface area contributed by atoms with Crippen molar-refractivity contribution in [1.82, 2.24) is 9.55 Å². The molecule has 0 aliphatic carbocycles. The number of halogens is 2. The van der Waals surface area contributed by atoms with E-state index in [9.17, 15) is 0 Å². The van der Waals surface area contributed by atoms with Crippen molar-refractivity contribution in [1.29, 1.82) is 0 Å². The molecule has 17 heavy (non-hydrogen) atoms. The van der Waals surface area contributed by atoms with E-state index in [1.165, 1.54) is 0 Å². The molecule has 0 amide bonds. The van der Waals surface area contributed by atoms with E-state index < -0.39 is 0 Å². The van der Waals surface area contributed by atoms with E-state index >= 15 is 0 Å². The minimum Gasteiger partial charge on any atom is -0.425 e. The molecule has 90 valence electrons. The Balaban J connectivity index is 2.29. The highest BCUT2D eigenvalue weighted by atomic mass is 79.9. The van der Waals surface area contributed by atoms with Crippen LogP contribution in [0.15, 0.2) is 35.1 Å². The van der Waals surface area contributed by atoms with Crippen LogP contribution < -0.4 is 4.74 Å². The number of imidazole rings is 1. The molecule has 0 atom stereocenters. The smallest absolute Gasteiger partial charge is 0.303 e. The van der Waals surface area contributed by atoms with Gasteiger partial charge in [0.2, 0.25) is 0 Å². The fourth-order valence-corrected chi connectivity index (χ4v) is 1.98. The van der Waals surface area contributed by atoms with Crippen LogP contribution in [0.3, 0.4) is 0 Å². The van der Waals surface area contributed by atoms with Crippen molar-refractivity contribution < 1.29 is 4.74 Å². The van der Waals surface area contributed by atoms with E-state index in [-0.39, 0.29) is 6.04 Å². The van der Waals surface area contributed by atoms with Crippen molar-refractivity contribution in [3.63, 3.8) is 0 Å². The van der Waals surface area contributed by atoms with Crippen LogP contribution in [0.25, 0.3) is 0 Å². The second-order valence-electron chi connectivity index (χ2n) is 3.91. The summed E-state index contributed by atoms with van der Waals surface area (Å²) in [4.78, 5) is 4.27. The van der Waals surface area contributed by atoms with Crippen molar-refractivity contribution in [3.8, 4) is 11.8 Å². The Labute approximate surface area is 114 Å². The first-order valence-electron chi connectivity index (χ1n) is 5.24. The lowest BCUT2D eigenvalue weighted by Crippen LogP contribution is -2.01. The summed E-state index contributed by atoms with van der Waals surface area (Å²) >= 11 is 9.24. The molecule has 0 radical (unpaired) electrons. The number of hydrogen-bond acceptors (Lipinski definition) is 2. The Morgan fingerprint density at radius 2 is 2.18 bits per heavy atom. The van der Waals surface area contributed by atoms with Crippen LogP contribution in [0.4, 0.5) is 0 Å². The quantitative estimate of drug-likeness (QED) is 0.823. The Bertz CT molecular complexity index is 525. The third kappa shape index (κ3) is 3.01. The predicted octanol–water partition coefficient (Wildman–Crippen LogP) is 4.67. The average molecular weight is 316 g/mol. The van der Waals surface area contributed by atoms with E-state index in [0.29, 0.717) is 16.8 Å². The SMILES string of the molecule is CC(C)n1cc(Br)nc1Oc1cccc(Cl)c1. The topological polar surface area (TPSA) is 27.1 Å². The zero-order chi connectivity index (χ0) is 12.4. The zero-order valence-corrected chi connectivity index (χ0v) is 11.9. The van der Waals surface area contributed by atoms with Crippen LogP contribution in [-0.4, -0.2) is 9.55 Å². The summed E-state index contributed by atoms with van der Waals surface area (Å²) in [5.74, 6) is 0.678. The summed E-state index contributed by atoms with van der Waals surface area (Å²) in [6, 6.07) is 8.08. The summed E-state index contributed by atoms with van der Waals surface area (Å²) in [5.41, 5.74) is 0. The first kappa shape index (κ1) is 12.5. The summed E-state index contributed by atoms with van der Waals surface area (Å²) in [5, 5.41) is 0.643. The molecular formula is C12H12BrClN2O. The van der Waals surface area contributed by atoms with Gasteiger partial charge in [0.1, 0.15) is 10.4 Å². The van der Waals surface area contributed by atoms with Gasteiger partial charge in [0.15, 0.2) is 0 Å². The van der Waals surface area contributed by atoms with E-state index in [2.05, 4.69) is 34.8 Å². The maximum Gasteiger partial charge on any atom is 0.303 e. The molecule has 0 bridgehead atoms. The van der Waals surface area contributed by atoms with Gasteiger partial charge < -0.3 is 4.74 Å². The minimum atomic E-state index is 0.281. The molecular weight excluding hydrogens is 304 g/mol. The molecule has 0 spiro atoms. The molecule has 2 rings (SSSR count). The highest BCUT2D eigenvalue weighted by Crippen LogP contribution is 2.27. The Kier molecular flexibility index (Phi) is 3.74. The van der Waals surface area contributed by atoms with Crippen LogP contribution in [0.1, 0.15) is 19.9 Å². The molecule has 3 nitrogen and oxygen atoms in total. The average Bonchev–Trinajstić information content (AvgIpc) is 2.59. The number of rotatable bonds is 3. The van der Waals surface area contributed by atoms with Crippen molar-refractivity contribution in [2.24, 2.45) is 0 Å². The summed E-state index contributed by atoms with van der Waals surface area (Å²) in [6.45, 7) is 4.14. The van der Waals surface area contributed by atoms with Gasteiger partial charge in [-0.05, 0) is 48.0 Å². The Morgan fingerprint density at radius 1 is 1.41 bits per heavy atom. The van der Waals surface area contributed by atoms with Gasteiger partial charge in [-0.2, -0.15) is 4.98 Å². The largest absolute Gasteiger partial charge is 0.425 e. The minimum absolute atomic E-state index is 0.281. The van der Waals surface area contributed by atoms with Gasteiger partial charge in [-0.3, -0.25) is 4.57 Å². The van der Waals surface area contributed by atoms with E-state index in [1.807, 2.05) is 22.9 Å². The van der Waals surface area contributed by atoms with Gasteiger partial charge in [-0.1, -0.05) is 17.7 Å². The molecule has 0 fully saturated rings. The fourth-order valence-electron chi connectivity index (χ4n) is 1.43. The highest BCUT2D eigenvalue weighted by molar-refractivity contribution is 9.10. The monoisotopic (exact) mass is 314 g/mol. The Hall–Kier alpha value is -1.00. The third-order valence-corrected chi connectivity index (χ3v) is 2.85. The van der Waals surface area contributed by atoms with Gasteiger partial charge in [0.05, 0.1) is 0 Å². The maximum absolute atomic E-state index is 5.90. The highest BCUT2D eigenvalue weighted by Gasteiger charge is 2.11. The van der Waals surface area contributed by atoms with Crippen molar-refractivity contribution in [2.45, 2.75) is 19.9 Å². The van der Waals surface area contributed by atoms with Crippen molar-refractivity contribution in [2.75, 3.05) is 0 Å². The van der Waals surface area contributed by atoms with Gasteiger partial charge in [0, 0.05) is 17.3 Å². The molecule has 2 aromatic rings. The number of hydrogen-bond donors (Lipinski definition) is 0. The van der Waals surface area contributed by atoms with Crippen molar-refractivity contribution in [3.05, 3.63) is 40.1 Å². The summed E-state index contributed by atoms with van der Waals surface area (Å²) in [7, 11) is 0. The van der Waals surface area contributed by atoms with Gasteiger partial charge in [-0.15, -0.1) is 0 Å². The molecule has 1 heterocycles. The van der Waals surface area contributed by atoms with Crippen LogP contribution in [0, 0.1) is 0 Å². The molecule has 0 saturated heterocycles. The Morgan fingerprint density at radius 3 is 2.82 bits per heavy atom. The molecule has 0 N–H and O–H groups in total. The van der Waals surface area contributed by atoms with Gasteiger partial charge in [0.25, 0.3) is 0 Å². The molecule has 0 saturated carbocycles. The molecule has 0 aliphatic heterocycles. The third-order valence-electron chi connectivity index (χ3n) is 2.23. The van der Waals surface area contributed by atoms with Gasteiger partial charge in [-0.25, -0.2) is 0 Å². The van der Waals surface area contributed by atoms with Crippen LogP contribution in [0.5, 0.6) is 11.8 Å². The molecule has 1 aromatic heterocycles. The molecule has 5 heteroatoms. The standard InChI is InChI=1S/C12H12BrClN2O/c1-8(2)16-7-11(13)15-12(16)17-10-5-3-4-9(14)6-10/h3-8H,1-2H3. The summed E-state index contributed by atoms with van der Waals surface area (Å²) in [6.07, 6.45) is 1.89. The lowest BCUT2D eigenvalue weighted by atomic mass is 10.3. The number of nitrogens with zero attached hydrogens (tertiary/aromatic N) is 2. The maximum atomic E-state index is 5.90. The predicted molar refractivity (Wildman–Crippen MR) is 71.8 cm³/mol. The van der Waals surface area contributed by atoms with Gasteiger partial charge >= 0.3 is 6.01 Å². The van der Waals surface area contributed by atoms with Crippen LogP contribution >= 0.6 is 27.5 Å². The molecule has 0 aliphatic rings. The second-order valence-corrected chi connectivity index (χ2v) is 5.16. The molecule has 1 aromatic carbocycles. The molecule has 0 unspecified atom stereocenters. The van der Waals surface area contributed by atoms with Crippen LogP contribution in [-0.2, 0) is 0 Å². The number of benzene rings is 1. The first-order valence-corrected chi connectivity index (χ1v) is 6.41. The fraction of sp³-hybridized carbons (Fsp3) is 0.250. The lowest BCUT2D eigenvalue weighted by molar-refractivity contribution is 0.395. The zero-order valence-electron chi connectivity index (χ0n) is 9.52. The van der Waals surface area contributed by atoms with Crippen LogP contribution in [0.2, 0.25) is 5.02 Å². The van der Waals surface area contributed by atoms with E-state index in [4.69, 9.17) is 16.3 Å². The summed E-state index contributed by atoms with van der Waals surface area (Å²) < 4.78 is 8.41.